The van der Waals surface area contributed by atoms with Crippen LogP contribution < -0.4 is 5.32 Å². The summed E-state index contributed by atoms with van der Waals surface area (Å²) in [6.45, 7) is 2.39. The quantitative estimate of drug-likeness (QED) is 0.628. The number of esters is 1. The number of carbonyl (C=O) groups is 2. The highest BCUT2D eigenvalue weighted by atomic mass is 35.5. The van der Waals surface area contributed by atoms with E-state index in [9.17, 15) is 9.59 Å². The average Bonchev–Trinajstić information content (AvgIpc) is 3.30. The molecule has 2 N–H and O–H groups in total. The smallest absolute Gasteiger partial charge is 0.360 e. The van der Waals surface area contributed by atoms with Crippen molar-refractivity contribution in [3.05, 3.63) is 51.9 Å². The number of H-pyrrole nitrogens is 1. The van der Waals surface area contributed by atoms with Gasteiger partial charge in [-0.25, -0.2) is 4.79 Å². The number of aryl methyl sites for hydroxylation is 1. The first-order valence-electron chi connectivity index (χ1n) is 7.90. The first kappa shape index (κ1) is 18.9. The van der Waals surface area contributed by atoms with Gasteiger partial charge in [0, 0.05) is 18.3 Å². The number of anilines is 1. The van der Waals surface area contributed by atoms with Crippen molar-refractivity contribution in [2.24, 2.45) is 0 Å². The van der Waals surface area contributed by atoms with E-state index in [1.165, 1.54) is 11.8 Å². The first-order valence-corrected chi connectivity index (χ1v) is 8.66. The molecule has 0 bridgehead atoms. The third-order valence-corrected chi connectivity index (χ3v) is 4.49. The lowest BCUT2D eigenvalue weighted by atomic mass is 10.1. The summed E-state index contributed by atoms with van der Waals surface area (Å²) in [5.74, 6) is -1.12. The molecule has 0 aliphatic heterocycles. The van der Waals surface area contributed by atoms with Crippen molar-refractivity contribution in [3.8, 4) is 11.3 Å². The van der Waals surface area contributed by atoms with Crippen molar-refractivity contribution >= 4 is 40.8 Å². The molecule has 10 heteroatoms. The van der Waals surface area contributed by atoms with E-state index >= 15 is 0 Å². The van der Waals surface area contributed by atoms with Crippen molar-refractivity contribution in [3.63, 3.8) is 0 Å². The zero-order chi connectivity index (χ0) is 19.6. The highest BCUT2D eigenvalue weighted by Gasteiger charge is 2.20. The molecule has 3 rings (SSSR count). The van der Waals surface area contributed by atoms with E-state index in [1.54, 1.807) is 30.5 Å². The molecule has 8 nitrogen and oxygen atoms in total. The number of rotatable bonds is 5. The van der Waals surface area contributed by atoms with Crippen LogP contribution in [0.2, 0.25) is 10.0 Å². The summed E-state index contributed by atoms with van der Waals surface area (Å²) in [5.41, 5.74) is 1.71. The maximum atomic E-state index is 12.5. The van der Waals surface area contributed by atoms with Crippen LogP contribution in [0.15, 0.2) is 30.5 Å². The van der Waals surface area contributed by atoms with Crippen molar-refractivity contribution in [1.82, 2.24) is 20.0 Å². The molecule has 2 aromatic heterocycles. The van der Waals surface area contributed by atoms with Crippen LogP contribution in [0.1, 0.15) is 27.9 Å². The lowest BCUT2D eigenvalue weighted by Gasteiger charge is -2.02. The Hall–Kier alpha value is -2.84. The molecule has 140 valence electrons. The Morgan fingerprint density at radius 1 is 1.26 bits per heavy atom. The van der Waals surface area contributed by atoms with Gasteiger partial charge in [0.15, 0.2) is 5.69 Å². The predicted octanol–water partition coefficient (Wildman–Crippen LogP) is 3.64. The standard InChI is InChI=1S/C17H15Cl2N5O3/c1-3-24-8-14(15(23-24)17(26)27-2)20-16(25)13-7-12(21-22-13)9-4-5-10(18)11(19)6-9/h4-8H,3H2,1-2H3,(H,20,25)(H,21,22). The summed E-state index contributed by atoms with van der Waals surface area (Å²) in [6, 6.07) is 6.61. The fourth-order valence-corrected chi connectivity index (χ4v) is 2.65. The number of nitrogens with zero attached hydrogens (tertiary/aromatic N) is 3. The lowest BCUT2D eigenvalue weighted by molar-refractivity contribution is 0.0594. The van der Waals surface area contributed by atoms with Crippen LogP contribution in [0.5, 0.6) is 0 Å². The number of hydrogen-bond acceptors (Lipinski definition) is 5. The van der Waals surface area contributed by atoms with Crippen molar-refractivity contribution in [1.29, 1.82) is 0 Å². The highest BCUT2D eigenvalue weighted by molar-refractivity contribution is 6.42. The van der Waals surface area contributed by atoms with E-state index in [0.717, 1.165) is 0 Å². The van der Waals surface area contributed by atoms with E-state index in [4.69, 9.17) is 27.9 Å². The van der Waals surface area contributed by atoms with Gasteiger partial charge in [-0.3, -0.25) is 14.6 Å². The molecule has 27 heavy (non-hydrogen) atoms. The number of nitrogens with one attached hydrogen (secondary N) is 2. The summed E-state index contributed by atoms with van der Waals surface area (Å²) in [4.78, 5) is 24.4. The van der Waals surface area contributed by atoms with Gasteiger partial charge in [-0.05, 0) is 25.1 Å². The molecule has 0 radical (unpaired) electrons. The molecule has 0 fully saturated rings. The zero-order valence-electron chi connectivity index (χ0n) is 14.4. The summed E-state index contributed by atoms with van der Waals surface area (Å²) in [6.07, 6.45) is 1.56. The highest BCUT2D eigenvalue weighted by Crippen LogP contribution is 2.28. The number of halogens is 2. The molecule has 2 heterocycles. The number of benzene rings is 1. The van der Waals surface area contributed by atoms with Gasteiger partial charge in [-0.2, -0.15) is 10.2 Å². The van der Waals surface area contributed by atoms with Crippen LogP contribution in [0.25, 0.3) is 11.3 Å². The van der Waals surface area contributed by atoms with Crippen molar-refractivity contribution in [2.45, 2.75) is 13.5 Å². The maximum Gasteiger partial charge on any atom is 0.360 e. The Morgan fingerprint density at radius 3 is 2.70 bits per heavy atom. The Balaban J connectivity index is 1.83. The van der Waals surface area contributed by atoms with Crippen molar-refractivity contribution < 1.29 is 14.3 Å². The van der Waals surface area contributed by atoms with Crippen LogP contribution in [0.3, 0.4) is 0 Å². The predicted molar refractivity (Wildman–Crippen MR) is 101 cm³/mol. The maximum absolute atomic E-state index is 12.5. The molecule has 0 saturated carbocycles. The number of carbonyl (C=O) groups excluding carboxylic acids is 2. The van der Waals surface area contributed by atoms with Gasteiger partial charge in [0.2, 0.25) is 0 Å². The summed E-state index contributed by atoms with van der Waals surface area (Å²) >= 11 is 11.9. The van der Waals surface area contributed by atoms with E-state index in [-0.39, 0.29) is 17.1 Å². The topological polar surface area (TPSA) is 102 Å². The van der Waals surface area contributed by atoms with E-state index < -0.39 is 11.9 Å². The second-order valence-corrected chi connectivity index (χ2v) is 6.30. The van der Waals surface area contributed by atoms with Crippen LogP contribution in [-0.4, -0.2) is 39.0 Å². The minimum Gasteiger partial charge on any atom is -0.464 e. The Labute approximate surface area is 164 Å². The van der Waals surface area contributed by atoms with E-state index in [1.807, 2.05) is 6.92 Å². The number of aromatic nitrogens is 4. The molecule has 3 aromatic rings. The molecule has 0 aliphatic rings. The van der Waals surface area contributed by atoms with Gasteiger partial charge in [0.25, 0.3) is 5.91 Å². The molecule has 0 spiro atoms. The van der Waals surface area contributed by atoms with Gasteiger partial charge in [0.05, 0.1) is 28.5 Å². The molecule has 1 aromatic carbocycles. The molecule has 0 atom stereocenters. The molecule has 0 saturated heterocycles. The van der Waals surface area contributed by atoms with Crippen molar-refractivity contribution in [2.75, 3.05) is 12.4 Å². The van der Waals surface area contributed by atoms with Gasteiger partial charge in [-0.15, -0.1) is 0 Å². The second kappa shape index (κ2) is 7.81. The molecule has 1 amide bonds. The van der Waals surface area contributed by atoms with Crippen LogP contribution >= 0.6 is 23.2 Å². The third-order valence-electron chi connectivity index (χ3n) is 3.75. The number of hydrogen-bond donors (Lipinski definition) is 2. The fourth-order valence-electron chi connectivity index (χ4n) is 2.35. The second-order valence-electron chi connectivity index (χ2n) is 5.49. The largest absolute Gasteiger partial charge is 0.464 e. The summed E-state index contributed by atoms with van der Waals surface area (Å²) in [5, 5.41) is 14.3. The molecular formula is C17H15Cl2N5O3. The molecule has 0 aliphatic carbocycles. The van der Waals surface area contributed by atoms with Gasteiger partial charge in [-0.1, -0.05) is 29.3 Å². The lowest BCUT2D eigenvalue weighted by Crippen LogP contribution is -2.15. The Bertz CT molecular complexity index is 1010. The number of methoxy groups -OCH3 is 1. The summed E-state index contributed by atoms with van der Waals surface area (Å²) in [7, 11) is 1.25. The average molecular weight is 408 g/mol. The molecular weight excluding hydrogens is 393 g/mol. The van der Waals surface area contributed by atoms with Gasteiger partial charge >= 0.3 is 5.97 Å². The minimum absolute atomic E-state index is 0.0249. The SMILES string of the molecule is CCn1cc(NC(=O)c2cc(-c3ccc(Cl)c(Cl)c3)n[nH]2)c(C(=O)OC)n1. The molecule has 0 unspecified atom stereocenters. The Kier molecular flexibility index (Phi) is 5.48. The third kappa shape index (κ3) is 3.96. The van der Waals surface area contributed by atoms with Gasteiger partial charge < -0.3 is 10.1 Å². The zero-order valence-corrected chi connectivity index (χ0v) is 15.9. The van der Waals surface area contributed by atoms with E-state index in [2.05, 4.69) is 20.6 Å². The monoisotopic (exact) mass is 407 g/mol. The number of ether oxygens (including phenoxy) is 1. The van der Waals surface area contributed by atoms with Crippen LogP contribution in [0, 0.1) is 0 Å². The van der Waals surface area contributed by atoms with Crippen LogP contribution in [-0.2, 0) is 11.3 Å². The minimum atomic E-state index is -0.640. The van der Waals surface area contributed by atoms with Gasteiger partial charge in [0.1, 0.15) is 5.69 Å². The number of amides is 1. The normalized spacial score (nSPS) is 10.7. The van der Waals surface area contributed by atoms with Crippen LogP contribution in [0.4, 0.5) is 5.69 Å². The Morgan fingerprint density at radius 2 is 2.04 bits per heavy atom. The first-order chi connectivity index (χ1) is 12.9. The van der Waals surface area contributed by atoms with E-state index in [0.29, 0.717) is 27.8 Å². The number of aromatic amines is 1. The summed E-state index contributed by atoms with van der Waals surface area (Å²) < 4.78 is 6.22. The fraction of sp³-hybridized carbons (Fsp3) is 0.176.